The molecule has 0 bridgehead atoms. The van der Waals surface area contributed by atoms with Crippen LogP contribution in [0.1, 0.15) is 16.9 Å². The van der Waals surface area contributed by atoms with Gasteiger partial charge >= 0.3 is 0 Å². The van der Waals surface area contributed by atoms with Gasteiger partial charge in [0.05, 0.1) is 12.8 Å². The fourth-order valence-electron chi connectivity index (χ4n) is 3.48. The maximum Gasteiger partial charge on any atom is 0.272 e. The first kappa shape index (κ1) is 19.3. The van der Waals surface area contributed by atoms with Gasteiger partial charge in [-0.05, 0) is 42.8 Å². The van der Waals surface area contributed by atoms with Crippen LogP contribution in [0.25, 0.3) is 5.69 Å². The maximum atomic E-state index is 13.9. The minimum Gasteiger partial charge on any atom is -0.495 e. The smallest absolute Gasteiger partial charge is 0.272 e. The molecular weight excluding hydrogens is 395 g/mol. The molecule has 2 aromatic carbocycles. The molecule has 6 nitrogen and oxygen atoms in total. The highest BCUT2D eigenvalue weighted by Gasteiger charge is 2.27. The van der Waals surface area contributed by atoms with Gasteiger partial charge in [0.2, 0.25) is 0 Å². The van der Waals surface area contributed by atoms with Crippen molar-refractivity contribution in [1.82, 2.24) is 15.1 Å². The van der Waals surface area contributed by atoms with Crippen LogP contribution in [0, 0.1) is 5.82 Å². The third kappa shape index (κ3) is 4.05. The summed E-state index contributed by atoms with van der Waals surface area (Å²) in [6.45, 7) is 1.40. The normalized spacial score (nSPS) is 16.1. The summed E-state index contributed by atoms with van der Waals surface area (Å²) in [6, 6.07) is 13.3. The standard InChI is InChI=1S/C21H20ClFN4O2/c1-29-20-7-6-14(22)12-19(20)26-10-8-15(13-26)24-21(28)17-9-11-27(25-17)18-5-3-2-4-16(18)23/h2-7,9,11-12,15H,8,10,13H2,1H3,(H,24,28). The highest BCUT2D eigenvalue weighted by Crippen LogP contribution is 2.33. The Morgan fingerprint density at radius 3 is 2.86 bits per heavy atom. The lowest BCUT2D eigenvalue weighted by atomic mass is 10.2. The van der Waals surface area contributed by atoms with Gasteiger partial charge in [-0.15, -0.1) is 0 Å². The number of hydrogen-bond donors (Lipinski definition) is 1. The first-order valence-corrected chi connectivity index (χ1v) is 9.63. The Kier molecular flexibility index (Phi) is 5.40. The summed E-state index contributed by atoms with van der Waals surface area (Å²) in [5.41, 5.74) is 1.44. The number of halogens is 2. The first-order chi connectivity index (χ1) is 14.0. The lowest BCUT2D eigenvalue weighted by Crippen LogP contribution is -2.37. The number of aromatic nitrogens is 2. The van der Waals surface area contributed by atoms with Gasteiger partial charge in [0.1, 0.15) is 17.3 Å². The van der Waals surface area contributed by atoms with Crippen LogP contribution in [0.4, 0.5) is 10.1 Å². The molecule has 1 aliphatic rings. The van der Waals surface area contributed by atoms with Crippen LogP contribution in [0.2, 0.25) is 5.02 Å². The van der Waals surface area contributed by atoms with E-state index in [2.05, 4.69) is 15.3 Å². The molecular formula is C21H20ClFN4O2. The third-order valence-electron chi connectivity index (χ3n) is 4.93. The molecule has 0 radical (unpaired) electrons. The Labute approximate surface area is 172 Å². The van der Waals surface area contributed by atoms with Crippen molar-refractivity contribution in [3.63, 3.8) is 0 Å². The van der Waals surface area contributed by atoms with Crippen molar-refractivity contribution in [2.75, 3.05) is 25.1 Å². The molecule has 0 aliphatic carbocycles. The quantitative estimate of drug-likeness (QED) is 0.691. The number of anilines is 1. The molecule has 1 amide bonds. The van der Waals surface area contributed by atoms with E-state index in [0.717, 1.165) is 24.4 Å². The molecule has 2 heterocycles. The number of benzene rings is 2. The fourth-order valence-corrected chi connectivity index (χ4v) is 3.65. The van der Waals surface area contributed by atoms with E-state index in [0.29, 0.717) is 17.3 Å². The molecule has 1 aromatic heterocycles. The van der Waals surface area contributed by atoms with Crippen molar-refractivity contribution < 1.29 is 13.9 Å². The second-order valence-electron chi connectivity index (χ2n) is 6.82. The highest BCUT2D eigenvalue weighted by molar-refractivity contribution is 6.30. The molecule has 4 rings (SSSR count). The minimum atomic E-state index is -0.399. The largest absolute Gasteiger partial charge is 0.495 e. The van der Waals surface area contributed by atoms with Crippen LogP contribution >= 0.6 is 11.6 Å². The number of nitrogens with zero attached hydrogens (tertiary/aromatic N) is 3. The molecule has 150 valence electrons. The van der Waals surface area contributed by atoms with Crippen molar-refractivity contribution in [3.8, 4) is 11.4 Å². The predicted molar refractivity (Wildman–Crippen MR) is 110 cm³/mol. The zero-order valence-electron chi connectivity index (χ0n) is 15.8. The zero-order chi connectivity index (χ0) is 20.4. The topological polar surface area (TPSA) is 59.4 Å². The van der Waals surface area contributed by atoms with Gasteiger partial charge in [0.25, 0.3) is 5.91 Å². The summed E-state index contributed by atoms with van der Waals surface area (Å²) in [7, 11) is 1.62. The lowest BCUT2D eigenvalue weighted by Gasteiger charge is -2.21. The van der Waals surface area contributed by atoms with E-state index >= 15 is 0 Å². The fraction of sp³-hybridized carbons (Fsp3) is 0.238. The summed E-state index contributed by atoms with van der Waals surface area (Å²) in [5, 5.41) is 7.85. The Morgan fingerprint density at radius 2 is 2.07 bits per heavy atom. The minimum absolute atomic E-state index is 0.0372. The molecule has 8 heteroatoms. The third-order valence-corrected chi connectivity index (χ3v) is 5.16. The number of nitrogens with one attached hydrogen (secondary N) is 1. The second kappa shape index (κ2) is 8.13. The number of methoxy groups -OCH3 is 1. The summed E-state index contributed by atoms with van der Waals surface area (Å²) >= 11 is 6.13. The summed E-state index contributed by atoms with van der Waals surface area (Å²) in [6.07, 6.45) is 2.36. The molecule has 0 spiro atoms. The van der Waals surface area contributed by atoms with Gasteiger partial charge in [0.15, 0.2) is 5.69 Å². The lowest BCUT2D eigenvalue weighted by molar-refractivity contribution is 0.0935. The van der Waals surface area contributed by atoms with E-state index in [1.807, 2.05) is 12.1 Å². The average molecular weight is 415 g/mol. The van der Waals surface area contributed by atoms with E-state index in [-0.39, 0.29) is 17.6 Å². The first-order valence-electron chi connectivity index (χ1n) is 9.25. The van der Waals surface area contributed by atoms with E-state index in [4.69, 9.17) is 16.3 Å². The molecule has 1 atom stereocenters. The Bertz CT molecular complexity index is 1040. The SMILES string of the molecule is COc1ccc(Cl)cc1N1CCC(NC(=O)c2ccn(-c3ccccc3F)n2)C1. The van der Waals surface area contributed by atoms with Gasteiger partial charge in [-0.3, -0.25) is 4.79 Å². The van der Waals surface area contributed by atoms with Gasteiger partial charge in [-0.1, -0.05) is 23.7 Å². The van der Waals surface area contributed by atoms with Crippen molar-refractivity contribution in [1.29, 1.82) is 0 Å². The molecule has 1 unspecified atom stereocenters. The van der Waals surface area contributed by atoms with E-state index in [1.54, 1.807) is 43.6 Å². The maximum absolute atomic E-state index is 13.9. The van der Waals surface area contributed by atoms with Crippen LogP contribution in [-0.2, 0) is 0 Å². The Hall–Kier alpha value is -3.06. The van der Waals surface area contributed by atoms with E-state index < -0.39 is 5.82 Å². The van der Waals surface area contributed by atoms with Crippen LogP contribution in [0.5, 0.6) is 5.75 Å². The number of para-hydroxylation sites is 1. The van der Waals surface area contributed by atoms with Crippen molar-refractivity contribution >= 4 is 23.2 Å². The number of carbonyl (C=O) groups excluding carboxylic acids is 1. The van der Waals surface area contributed by atoms with Crippen LogP contribution in [0.3, 0.4) is 0 Å². The van der Waals surface area contributed by atoms with Crippen molar-refractivity contribution in [2.24, 2.45) is 0 Å². The van der Waals surface area contributed by atoms with Crippen molar-refractivity contribution in [2.45, 2.75) is 12.5 Å². The van der Waals surface area contributed by atoms with Crippen LogP contribution in [-0.4, -0.2) is 41.9 Å². The van der Waals surface area contributed by atoms with Gasteiger partial charge in [-0.25, -0.2) is 9.07 Å². The predicted octanol–water partition coefficient (Wildman–Crippen LogP) is 3.68. The monoisotopic (exact) mass is 414 g/mol. The number of carbonyl (C=O) groups is 1. The van der Waals surface area contributed by atoms with E-state index in [1.165, 1.54) is 10.7 Å². The number of ether oxygens (including phenoxy) is 1. The molecule has 1 N–H and O–H groups in total. The average Bonchev–Trinajstić information content (AvgIpc) is 3.38. The molecule has 1 aliphatic heterocycles. The van der Waals surface area contributed by atoms with Gasteiger partial charge in [0, 0.05) is 30.4 Å². The number of amides is 1. The second-order valence-corrected chi connectivity index (χ2v) is 7.25. The molecule has 3 aromatic rings. The van der Waals surface area contributed by atoms with E-state index in [9.17, 15) is 9.18 Å². The van der Waals surface area contributed by atoms with Gasteiger partial charge in [-0.2, -0.15) is 5.10 Å². The zero-order valence-corrected chi connectivity index (χ0v) is 16.6. The number of hydrogen-bond acceptors (Lipinski definition) is 4. The highest BCUT2D eigenvalue weighted by atomic mass is 35.5. The summed E-state index contributed by atoms with van der Waals surface area (Å²) < 4.78 is 20.7. The Balaban J connectivity index is 1.43. The van der Waals surface area contributed by atoms with Crippen LogP contribution < -0.4 is 15.0 Å². The molecule has 29 heavy (non-hydrogen) atoms. The summed E-state index contributed by atoms with van der Waals surface area (Å²) in [4.78, 5) is 14.7. The Morgan fingerprint density at radius 1 is 1.24 bits per heavy atom. The summed E-state index contributed by atoms with van der Waals surface area (Å²) in [5.74, 6) is 0.0551. The molecule has 1 saturated heterocycles. The molecule has 1 fully saturated rings. The van der Waals surface area contributed by atoms with Gasteiger partial charge < -0.3 is 15.0 Å². The number of rotatable bonds is 5. The van der Waals surface area contributed by atoms with Crippen LogP contribution in [0.15, 0.2) is 54.7 Å². The molecule has 0 saturated carbocycles. The van der Waals surface area contributed by atoms with Crippen molar-refractivity contribution in [3.05, 3.63) is 71.3 Å².